The second-order valence-electron chi connectivity index (χ2n) is 6.33. The number of halogens is 1. The average molecular weight is 343 g/mol. The predicted molar refractivity (Wildman–Crippen MR) is 88.0 cm³/mol. The maximum atomic E-state index is 13.7. The number of hydrogen-bond acceptors (Lipinski definition) is 6. The maximum Gasteiger partial charge on any atom is 0.354 e. The lowest BCUT2D eigenvalue weighted by Gasteiger charge is -2.35. The van der Waals surface area contributed by atoms with E-state index in [1.165, 1.54) is 30.5 Å². The molecule has 0 saturated heterocycles. The molecule has 1 heterocycles. The Morgan fingerprint density at radius 2 is 2.00 bits per heavy atom. The van der Waals surface area contributed by atoms with Crippen molar-refractivity contribution in [2.24, 2.45) is 0 Å². The van der Waals surface area contributed by atoms with Crippen LogP contribution in [0, 0.1) is 17.1 Å². The molecule has 1 N–H and O–H groups in total. The van der Waals surface area contributed by atoms with Crippen LogP contribution in [0.25, 0.3) is 0 Å². The largest absolute Gasteiger partial charge is 0.457 e. The smallest absolute Gasteiger partial charge is 0.354 e. The zero-order valence-electron chi connectivity index (χ0n) is 14.1. The summed E-state index contributed by atoms with van der Waals surface area (Å²) in [5, 5.41) is 20.9. The summed E-state index contributed by atoms with van der Waals surface area (Å²) in [6.45, 7) is 4.88. The van der Waals surface area contributed by atoms with Crippen LogP contribution in [0.1, 0.15) is 26.3 Å². The van der Waals surface area contributed by atoms with Gasteiger partial charge in [-0.3, -0.25) is 5.21 Å². The Labute approximate surface area is 145 Å². The molecule has 0 aliphatic heterocycles. The van der Waals surface area contributed by atoms with Crippen LogP contribution in [0.2, 0.25) is 0 Å². The fourth-order valence-corrected chi connectivity index (χ4v) is 2.20. The number of benzene rings is 1. The highest BCUT2D eigenvalue weighted by molar-refractivity contribution is 5.90. The van der Waals surface area contributed by atoms with Crippen LogP contribution in [-0.2, 0) is 15.1 Å². The summed E-state index contributed by atoms with van der Waals surface area (Å²) >= 11 is 0. The Morgan fingerprint density at radius 3 is 2.52 bits per heavy atom. The van der Waals surface area contributed by atoms with Crippen LogP contribution in [0.4, 0.5) is 10.2 Å². The number of pyridine rings is 1. The first-order chi connectivity index (χ1) is 11.7. The monoisotopic (exact) mass is 343 g/mol. The average Bonchev–Trinajstić information content (AvgIpc) is 2.55. The third-order valence-corrected chi connectivity index (χ3v) is 3.28. The number of aromatic nitrogens is 1. The van der Waals surface area contributed by atoms with E-state index in [0.29, 0.717) is 5.06 Å². The second kappa shape index (κ2) is 6.87. The van der Waals surface area contributed by atoms with Gasteiger partial charge in [-0.2, -0.15) is 5.26 Å². The third-order valence-electron chi connectivity index (χ3n) is 3.28. The van der Waals surface area contributed by atoms with Crippen LogP contribution in [0.15, 0.2) is 48.7 Å². The number of carbonyl (C=O) groups is 1. The number of nitrogens with zero attached hydrogens (tertiary/aromatic N) is 3. The number of hydrogen-bond donors (Lipinski definition) is 1. The number of rotatable bonds is 4. The Balaban J connectivity index is 2.65. The molecule has 1 aromatic heterocycles. The molecule has 0 radical (unpaired) electrons. The molecule has 1 atom stereocenters. The molecular formula is C18H18FN3O3. The first kappa shape index (κ1) is 18.4. The molecule has 2 aromatic rings. The van der Waals surface area contributed by atoms with Crippen molar-refractivity contribution < 1.29 is 19.1 Å². The van der Waals surface area contributed by atoms with Crippen molar-refractivity contribution in [1.29, 1.82) is 5.26 Å². The van der Waals surface area contributed by atoms with Crippen molar-refractivity contribution in [3.8, 4) is 6.07 Å². The van der Waals surface area contributed by atoms with Crippen LogP contribution < -0.4 is 5.06 Å². The normalized spacial score (nSPS) is 13.4. The van der Waals surface area contributed by atoms with Crippen LogP contribution >= 0.6 is 0 Å². The lowest BCUT2D eigenvalue weighted by atomic mass is 9.90. The zero-order valence-corrected chi connectivity index (χ0v) is 14.1. The van der Waals surface area contributed by atoms with Gasteiger partial charge in [0.15, 0.2) is 5.82 Å². The Morgan fingerprint density at radius 1 is 1.28 bits per heavy atom. The summed E-state index contributed by atoms with van der Waals surface area (Å²) in [6, 6.07) is 11.3. The summed E-state index contributed by atoms with van der Waals surface area (Å²) < 4.78 is 19.0. The summed E-state index contributed by atoms with van der Waals surface area (Å²) in [5.74, 6) is -1.75. The molecule has 0 saturated carbocycles. The maximum absolute atomic E-state index is 13.7. The third kappa shape index (κ3) is 3.75. The number of esters is 1. The van der Waals surface area contributed by atoms with E-state index in [1.807, 2.05) is 0 Å². The molecule has 6 nitrogen and oxygen atoms in total. The second-order valence-corrected chi connectivity index (χ2v) is 6.33. The number of nitriles is 1. The van der Waals surface area contributed by atoms with Gasteiger partial charge >= 0.3 is 5.97 Å². The van der Waals surface area contributed by atoms with Crippen molar-refractivity contribution in [3.63, 3.8) is 0 Å². The van der Waals surface area contributed by atoms with Gasteiger partial charge in [-0.15, -0.1) is 0 Å². The topological polar surface area (TPSA) is 86.5 Å². The van der Waals surface area contributed by atoms with Gasteiger partial charge in [0.25, 0.3) is 5.54 Å². The van der Waals surface area contributed by atoms with E-state index in [1.54, 1.807) is 39.0 Å². The summed E-state index contributed by atoms with van der Waals surface area (Å²) in [7, 11) is 0. The first-order valence-corrected chi connectivity index (χ1v) is 7.51. The number of carbonyl (C=O) groups excluding carboxylic acids is 1. The molecule has 2 rings (SSSR count). The molecule has 1 aromatic carbocycles. The lowest BCUT2D eigenvalue weighted by molar-refractivity contribution is -0.162. The number of anilines is 1. The van der Waals surface area contributed by atoms with E-state index in [4.69, 9.17) is 4.74 Å². The number of ether oxygens (including phenoxy) is 1. The minimum Gasteiger partial charge on any atom is -0.457 e. The molecule has 0 fully saturated rings. The lowest BCUT2D eigenvalue weighted by Crippen LogP contribution is -2.52. The zero-order chi connectivity index (χ0) is 18.7. The van der Waals surface area contributed by atoms with Crippen molar-refractivity contribution >= 4 is 11.8 Å². The predicted octanol–water partition coefficient (Wildman–Crippen LogP) is 3.18. The van der Waals surface area contributed by atoms with Gasteiger partial charge in [0.1, 0.15) is 17.5 Å². The minimum absolute atomic E-state index is 0.0563. The molecule has 0 spiro atoms. The molecule has 7 heteroatoms. The van der Waals surface area contributed by atoms with Crippen molar-refractivity contribution in [2.45, 2.75) is 31.9 Å². The van der Waals surface area contributed by atoms with Crippen molar-refractivity contribution in [2.75, 3.05) is 5.06 Å². The molecule has 0 bridgehead atoms. The van der Waals surface area contributed by atoms with E-state index in [9.17, 15) is 19.7 Å². The van der Waals surface area contributed by atoms with E-state index < -0.39 is 22.9 Å². The number of hydroxylamine groups is 1. The standard InChI is InChI=1S/C18H18FN3O3/c1-17(2,3)25-16(23)18(12-20,13-7-6-8-14(19)11-13)22(24)15-9-4-5-10-21-15/h4-11,24H,1-3H3/t18-/m1/s1. The van der Waals surface area contributed by atoms with Gasteiger partial charge < -0.3 is 4.74 Å². The highest BCUT2D eigenvalue weighted by Gasteiger charge is 2.50. The van der Waals surface area contributed by atoms with Gasteiger partial charge in [0, 0.05) is 11.8 Å². The van der Waals surface area contributed by atoms with Gasteiger partial charge in [0.05, 0.1) is 0 Å². The van der Waals surface area contributed by atoms with Crippen LogP contribution in [-0.4, -0.2) is 21.8 Å². The van der Waals surface area contributed by atoms with Gasteiger partial charge in [-0.1, -0.05) is 18.2 Å². The molecule has 0 aliphatic carbocycles. The summed E-state index contributed by atoms with van der Waals surface area (Å²) in [4.78, 5) is 16.8. The highest BCUT2D eigenvalue weighted by Crippen LogP contribution is 2.33. The minimum atomic E-state index is -2.32. The Kier molecular flexibility index (Phi) is 5.04. The molecule has 130 valence electrons. The molecule has 0 aliphatic rings. The van der Waals surface area contributed by atoms with E-state index in [-0.39, 0.29) is 11.4 Å². The first-order valence-electron chi connectivity index (χ1n) is 7.51. The molecule has 25 heavy (non-hydrogen) atoms. The SMILES string of the molecule is CC(C)(C)OC(=O)[C@@](C#N)(c1cccc(F)c1)N(O)c1ccccn1. The van der Waals surface area contributed by atoms with E-state index in [0.717, 1.165) is 6.07 Å². The van der Waals surface area contributed by atoms with Gasteiger partial charge in [-0.05, 0) is 45.0 Å². The fourth-order valence-electron chi connectivity index (χ4n) is 2.20. The van der Waals surface area contributed by atoms with Crippen LogP contribution in [0.3, 0.4) is 0 Å². The highest BCUT2D eigenvalue weighted by atomic mass is 19.1. The van der Waals surface area contributed by atoms with Gasteiger partial charge in [-0.25, -0.2) is 19.2 Å². The Bertz CT molecular complexity index is 799. The van der Waals surface area contributed by atoms with Gasteiger partial charge in [0.2, 0.25) is 0 Å². The molecular weight excluding hydrogens is 325 g/mol. The summed E-state index contributed by atoms with van der Waals surface area (Å²) in [5.41, 5.74) is -3.31. The van der Waals surface area contributed by atoms with Crippen LogP contribution in [0.5, 0.6) is 0 Å². The quantitative estimate of drug-likeness (QED) is 0.678. The van der Waals surface area contributed by atoms with E-state index in [2.05, 4.69) is 4.98 Å². The molecule has 0 amide bonds. The van der Waals surface area contributed by atoms with E-state index >= 15 is 0 Å². The summed E-state index contributed by atoms with van der Waals surface area (Å²) in [6.07, 6.45) is 1.39. The Hall–Kier alpha value is -2.98. The fraction of sp³-hybridized carbons (Fsp3) is 0.278. The molecule has 0 unspecified atom stereocenters. The van der Waals surface area contributed by atoms with Crippen molar-refractivity contribution in [3.05, 3.63) is 60.0 Å². The van der Waals surface area contributed by atoms with Crippen molar-refractivity contribution in [1.82, 2.24) is 4.98 Å².